The molecular formula is C23H24N4O. The fourth-order valence-corrected chi connectivity index (χ4v) is 3.56. The van der Waals surface area contributed by atoms with E-state index in [0.717, 1.165) is 42.9 Å². The lowest BCUT2D eigenvalue weighted by Crippen LogP contribution is -2.44. The van der Waals surface area contributed by atoms with Crippen molar-refractivity contribution in [3.05, 3.63) is 78.0 Å². The number of carbonyl (C=O) groups excluding carboxylic acids is 1. The van der Waals surface area contributed by atoms with Crippen LogP contribution in [0.15, 0.2) is 66.7 Å². The smallest absolute Gasteiger partial charge is 0.251 e. The van der Waals surface area contributed by atoms with E-state index in [1.807, 2.05) is 49.4 Å². The lowest BCUT2D eigenvalue weighted by atomic mass is 10.0. The van der Waals surface area contributed by atoms with Crippen molar-refractivity contribution in [2.75, 3.05) is 18.0 Å². The van der Waals surface area contributed by atoms with E-state index in [1.165, 1.54) is 5.69 Å². The van der Waals surface area contributed by atoms with Gasteiger partial charge in [0.05, 0.1) is 11.4 Å². The van der Waals surface area contributed by atoms with E-state index in [0.29, 0.717) is 5.56 Å². The molecule has 1 aliphatic rings. The highest BCUT2D eigenvalue weighted by atomic mass is 16.1. The van der Waals surface area contributed by atoms with Crippen LogP contribution in [0.4, 0.5) is 5.69 Å². The Hall–Kier alpha value is -3.21. The SMILES string of the molecule is Cc1ccc(-c2cccc(C(=O)NC3CCN(c4ccccc4)CC3)c2)nn1. The van der Waals surface area contributed by atoms with Gasteiger partial charge in [-0.2, -0.15) is 10.2 Å². The van der Waals surface area contributed by atoms with Crippen molar-refractivity contribution in [3.8, 4) is 11.3 Å². The molecule has 5 heteroatoms. The molecule has 2 aromatic carbocycles. The first-order valence-corrected chi connectivity index (χ1v) is 9.71. The van der Waals surface area contributed by atoms with E-state index in [9.17, 15) is 4.79 Å². The first kappa shape index (κ1) is 18.2. The maximum atomic E-state index is 12.7. The summed E-state index contributed by atoms with van der Waals surface area (Å²) < 4.78 is 0. The zero-order valence-electron chi connectivity index (χ0n) is 16.0. The van der Waals surface area contributed by atoms with E-state index >= 15 is 0 Å². The van der Waals surface area contributed by atoms with Gasteiger partial charge < -0.3 is 10.2 Å². The van der Waals surface area contributed by atoms with Gasteiger partial charge in [-0.05, 0) is 56.2 Å². The van der Waals surface area contributed by atoms with Gasteiger partial charge in [-0.3, -0.25) is 4.79 Å². The first-order valence-electron chi connectivity index (χ1n) is 9.71. The summed E-state index contributed by atoms with van der Waals surface area (Å²) >= 11 is 0. The van der Waals surface area contributed by atoms with Crippen molar-refractivity contribution in [1.29, 1.82) is 0 Å². The molecule has 1 saturated heterocycles. The van der Waals surface area contributed by atoms with Crippen molar-refractivity contribution in [3.63, 3.8) is 0 Å². The quantitative estimate of drug-likeness (QED) is 0.756. The molecule has 142 valence electrons. The molecule has 1 aromatic heterocycles. The van der Waals surface area contributed by atoms with Gasteiger partial charge in [0.25, 0.3) is 5.91 Å². The molecule has 1 amide bonds. The van der Waals surface area contributed by atoms with Crippen LogP contribution in [0.2, 0.25) is 0 Å². The Morgan fingerprint density at radius 2 is 1.75 bits per heavy atom. The summed E-state index contributed by atoms with van der Waals surface area (Å²) in [5.74, 6) is -0.0277. The second-order valence-corrected chi connectivity index (χ2v) is 7.21. The summed E-state index contributed by atoms with van der Waals surface area (Å²) in [6.07, 6.45) is 1.90. The highest BCUT2D eigenvalue weighted by Gasteiger charge is 2.21. The molecule has 4 rings (SSSR count). The molecular weight excluding hydrogens is 348 g/mol. The molecule has 5 nitrogen and oxygen atoms in total. The number of piperidine rings is 1. The molecule has 0 bridgehead atoms. The van der Waals surface area contributed by atoms with Gasteiger partial charge in [-0.1, -0.05) is 30.3 Å². The molecule has 0 aliphatic carbocycles. The minimum Gasteiger partial charge on any atom is -0.371 e. The highest BCUT2D eigenvalue weighted by molar-refractivity contribution is 5.95. The minimum absolute atomic E-state index is 0.0277. The van der Waals surface area contributed by atoms with E-state index < -0.39 is 0 Å². The van der Waals surface area contributed by atoms with Gasteiger partial charge in [-0.15, -0.1) is 0 Å². The van der Waals surface area contributed by atoms with Crippen LogP contribution in [0.5, 0.6) is 0 Å². The minimum atomic E-state index is -0.0277. The molecule has 0 radical (unpaired) electrons. The number of carbonyl (C=O) groups is 1. The number of aromatic nitrogens is 2. The van der Waals surface area contributed by atoms with E-state index in [4.69, 9.17) is 0 Å². The van der Waals surface area contributed by atoms with Gasteiger partial charge >= 0.3 is 0 Å². The fourth-order valence-electron chi connectivity index (χ4n) is 3.56. The molecule has 3 aromatic rings. The van der Waals surface area contributed by atoms with Crippen LogP contribution in [0.25, 0.3) is 11.3 Å². The van der Waals surface area contributed by atoms with Crippen LogP contribution in [-0.4, -0.2) is 35.2 Å². The normalized spacial score (nSPS) is 14.7. The summed E-state index contributed by atoms with van der Waals surface area (Å²) in [7, 11) is 0. The third-order valence-corrected chi connectivity index (χ3v) is 5.17. The zero-order valence-corrected chi connectivity index (χ0v) is 16.0. The number of benzene rings is 2. The van der Waals surface area contributed by atoms with Gasteiger partial charge in [0.1, 0.15) is 0 Å². The number of hydrogen-bond acceptors (Lipinski definition) is 4. The van der Waals surface area contributed by atoms with Crippen LogP contribution in [0, 0.1) is 6.92 Å². The van der Waals surface area contributed by atoms with Crippen molar-refractivity contribution in [1.82, 2.24) is 15.5 Å². The number of amides is 1. The number of anilines is 1. The van der Waals surface area contributed by atoms with E-state index in [2.05, 4.69) is 44.7 Å². The predicted octanol–water partition coefficient (Wildman–Crippen LogP) is 3.85. The number of aryl methyl sites for hydroxylation is 1. The molecule has 0 spiro atoms. The monoisotopic (exact) mass is 372 g/mol. The number of para-hydroxylation sites is 1. The van der Waals surface area contributed by atoms with Crippen molar-refractivity contribution in [2.45, 2.75) is 25.8 Å². The average molecular weight is 372 g/mol. The fraction of sp³-hybridized carbons (Fsp3) is 0.261. The largest absolute Gasteiger partial charge is 0.371 e. The molecule has 0 saturated carbocycles. The predicted molar refractivity (Wildman–Crippen MR) is 111 cm³/mol. The van der Waals surface area contributed by atoms with E-state index in [-0.39, 0.29) is 11.9 Å². The lowest BCUT2D eigenvalue weighted by Gasteiger charge is -2.34. The number of rotatable bonds is 4. The number of nitrogens with one attached hydrogen (secondary N) is 1. The average Bonchev–Trinajstić information content (AvgIpc) is 2.75. The van der Waals surface area contributed by atoms with Crippen LogP contribution in [-0.2, 0) is 0 Å². The summed E-state index contributed by atoms with van der Waals surface area (Å²) in [5.41, 5.74) is 4.46. The third kappa shape index (κ3) is 4.19. The zero-order chi connectivity index (χ0) is 19.3. The Morgan fingerprint density at radius 3 is 2.46 bits per heavy atom. The summed E-state index contributed by atoms with van der Waals surface area (Å²) in [6.45, 7) is 3.81. The molecule has 2 heterocycles. The second-order valence-electron chi connectivity index (χ2n) is 7.21. The maximum absolute atomic E-state index is 12.7. The standard InChI is InChI=1S/C23H24N4O/c1-17-10-11-22(26-25-17)18-6-5-7-19(16-18)23(28)24-20-12-14-27(15-13-20)21-8-3-2-4-9-21/h2-11,16,20H,12-15H2,1H3,(H,24,28). The van der Waals surface area contributed by atoms with Crippen molar-refractivity contribution in [2.24, 2.45) is 0 Å². The first-order chi connectivity index (χ1) is 13.7. The van der Waals surface area contributed by atoms with Crippen LogP contribution < -0.4 is 10.2 Å². The Balaban J connectivity index is 1.38. The van der Waals surface area contributed by atoms with Crippen molar-refractivity contribution < 1.29 is 4.79 Å². The number of hydrogen-bond donors (Lipinski definition) is 1. The molecule has 0 unspecified atom stereocenters. The Bertz CT molecular complexity index is 932. The molecule has 1 fully saturated rings. The third-order valence-electron chi connectivity index (χ3n) is 5.17. The Labute approximate surface area is 165 Å². The Kier molecular flexibility index (Phi) is 5.33. The van der Waals surface area contributed by atoms with Crippen LogP contribution >= 0.6 is 0 Å². The maximum Gasteiger partial charge on any atom is 0.251 e. The highest BCUT2D eigenvalue weighted by Crippen LogP contribution is 2.21. The van der Waals surface area contributed by atoms with E-state index in [1.54, 1.807) is 0 Å². The summed E-state index contributed by atoms with van der Waals surface area (Å²) in [5, 5.41) is 11.5. The van der Waals surface area contributed by atoms with Gasteiger partial charge in [0, 0.05) is 35.9 Å². The molecule has 28 heavy (non-hydrogen) atoms. The van der Waals surface area contributed by atoms with Crippen LogP contribution in [0.1, 0.15) is 28.9 Å². The summed E-state index contributed by atoms with van der Waals surface area (Å²) in [6, 6.07) is 22.1. The van der Waals surface area contributed by atoms with Gasteiger partial charge in [0.15, 0.2) is 0 Å². The molecule has 0 atom stereocenters. The second kappa shape index (κ2) is 8.21. The lowest BCUT2D eigenvalue weighted by molar-refractivity contribution is 0.0931. The van der Waals surface area contributed by atoms with Gasteiger partial charge in [-0.25, -0.2) is 0 Å². The molecule has 1 N–H and O–H groups in total. The van der Waals surface area contributed by atoms with Crippen LogP contribution in [0.3, 0.4) is 0 Å². The molecule has 1 aliphatic heterocycles. The summed E-state index contributed by atoms with van der Waals surface area (Å²) in [4.78, 5) is 15.1. The Morgan fingerprint density at radius 1 is 0.964 bits per heavy atom. The topological polar surface area (TPSA) is 58.1 Å². The van der Waals surface area contributed by atoms with Crippen molar-refractivity contribution >= 4 is 11.6 Å². The number of nitrogens with zero attached hydrogens (tertiary/aromatic N) is 3. The van der Waals surface area contributed by atoms with Gasteiger partial charge in [0.2, 0.25) is 0 Å².